The molecule has 4 N–H and O–H groups in total. The summed E-state index contributed by atoms with van der Waals surface area (Å²) in [5.41, 5.74) is 5.78. The summed E-state index contributed by atoms with van der Waals surface area (Å²) in [5, 5.41) is 2.87. The number of anilines is 1. The van der Waals surface area contributed by atoms with Crippen molar-refractivity contribution in [3.05, 3.63) is 53.0 Å². The highest BCUT2D eigenvalue weighted by Gasteiger charge is 2.08. The van der Waals surface area contributed by atoms with Crippen LogP contribution in [0.1, 0.15) is 27.2 Å². The zero-order valence-electron chi connectivity index (χ0n) is 11.5. The molecule has 2 heterocycles. The Balaban J connectivity index is 2.09. The van der Waals surface area contributed by atoms with E-state index in [1.165, 1.54) is 0 Å². The SMILES string of the molecule is Cc1cc(C(=O)NCc2ccncc2C)cc(NN)n1. The first kappa shape index (κ1) is 14.0. The Kier molecular flexibility index (Phi) is 4.27. The highest BCUT2D eigenvalue weighted by molar-refractivity contribution is 5.94. The van der Waals surface area contributed by atoms with Gasteiger partial charge in [-0.2, -0.15) is 0 Å². The quantitative estimate of drug-likeness (QED) is 0.576. The summed E-state index contributed by atoms with van der Waals surface area (Å²) in [6.45, 7) is 4.23. The first-order chi connectivity index (χ1) is 9.60. The number of nitrogen functional groups attached to an aromatic ring is 1. The zero-order valence-corrected chi connectivity index (χ0v) is 11.5. The lowest BCUT2D eigenvalue weighted by Gasteiger charge is -2.09. The smallest absolute Gasteiger partial charge is 0.251 e. The third-order valence-electron chi connectivity index (χ3n) is 2.94. The molecule has 0 aliphatic heterocycles. The van der Waals surface area contributed by atoms with Crippen LogP contribution in [0.3, 0.4) is 0 Å². The van der Waals surface area contributed by atoms with Crippen LogP contribution in [0.15, 0.2) is 30.6 Å². The molecule has 0 aliphatic rings. The van der Waals surface area contributed by atoms with Crippen molar-refractivity contribution in [2.45, 2.75) is 20.4 Å². The van der Waals surface area contributed by atoms with Crippen LogP contribution < -0.4 is 16.6 Å². The van der Waals surface area contributed by atoms with Crippen molar-refractivity contribution < 1.29 is 4.79 Å². The summed E-state index contributed by atoms with van der Waals surface area (Å²) >= 11 is 0. The van der Waals surface area contributed by atoms with E-state index in [1.807, 2.05) is 19.9 Å². The molecular weight excluding hydrogens is 254 g/mol. The molecule has 0 spiro atoms. The normalized spacial score (nSPS) is 10.2. The standard InChI is InChI=1S/C14H17N5O/c1-9-7-16-4-3-11(9)8-17-14(20)12-5-10(2)18-13(6-12)19-15/h3-7H,8,15H2,1-2H3,(H,17,20)(H,18,19). The molecule has 0 aliphatic carbocycles. The summed E-state index contributed by atoms with van der Waals surface area (Å²) in [4.78, 5) is 20.3. The Morgan fingerprint density at radius 2 is 2.15 bits per heavy atom. The van der Waals surface area contributed by atoms with Crippen LogP contribution in [0.5, 0.6) is 0 Å². The average molecular weight is 271 g/mol. The Labute approximate surface area is 117 Å². The number of rotatable bonds is 4. The number of carbonyl (C=O) groups is 1. The lowest BCUT2D eigenvalue weighted by Crippen LogP contribution is -2.24. The largest absolute Gasteiger partial charge is 0.348 e. The third-order valence-corrected chi connectivity index (χ3v) is 2.94. The van der Waals surface area contributed by atoms with E-state index in [0.717, 1.165) is 16.8 Å². The fraction of sp³-hybridized carbons (Fsp3) is 0.214. The number of aryl methyl sites for hydroxylation is 2. The highest BCUT2D eigenvalue weighted by Crippen LogP contribution is 2.10. The molecule has 0 radical (unpaired) electrons. The molecule has 0 unspecified atom stereocenters. The van der Waals surface area contributed by atoms with E-state index in [9.17, 15) is 4.79 Å². The predicted molar refractivity (Wildman–Crippen MR) is 76.9 cm³/mol. The molecule has 0 fully saturated rings. The molecule has 6 nitrogen and oxygen atoms in total. The van der Waals surface area contributed by atoms with E-state index in [1.54, 1.807) is 24.5 Å². The Hall–Kier alpha value is -2.47. The van der Waals surface area contributed by atoms with Gasteiger partial charge in [-0.05, 0) is 43.2 Å². The van der Waals surface area contributed by atoms with Gasteiger partial charge in [0.05, 0.1) is 0 Å². The molecule has 2 aromatic rings. The van der Waals surface area contributed by atoms with Crippen LogP contribution in [-0.2, 0) is 6.54 Å². The van der Waals surface area contributed by atoms with Crippen molar-refractivity contribution in [1.29, 1.82) is 0 Å². The van der Waals surface area contributed by atoms with Gasteiger partial charge in [-0.25, -0.2) is 10.8 Å². The molecule has 104 valence electrons. The minimum absolute atomic E-state index is 0.164. The van der Waals surface area contributed by atoms with Crippen LogP contribution >= 0.6 is 0 Å². The van der Waals surface area contributed by atoms with Gasteiger partial charge in [0.25, 0.3) is 5.91 Å². The number of amides is 1. The summed E-state index contributed by atoms with van der Waals surface area (Å²) in [7, 11) is 0. The summed E-state index contributed by atoms with van der Waals surface area (Å²) in [5.74, 6) is 5.63. The number of pyridine rings is 2. The van der Waals surface area contributed by atoms with E-state index in [0.29, 0.717) is 17.9 Å². The number of aromatic nitrogens is 2. The second-order valence-corrected chi connectivity index (χ2v) is 4.51. The predicted octanol–water partition coefficient (Wildman–Crippen LogP) is 1.31. The molecule has 0 saturated carbocycles. The number of hydrogen-bond donors (Lipinski definition) is 3. The van der Waals surface area contributed by atoms with Crippen molar-refractivity contribution in [3.8, 4) is 0 Å². The zero-order chi connectivity index (χ0) is 14.5. The van der Waals surface area contributed by atoms with Crippen LogP contribution in [0, 0.1) is 13.8 Å². The van der Waals surface area contributed by atoms with Gasteiger partial charge >= 0.3 is 0 Å². The lowest BCUT2D eigenvalue weighted by atomic mass is 10.1. The molecule has 0 atom stereocenters. The van der Waals surface area contributed by atoms with E-state index >= 15 is 0 Å². The number of nitrogens with two attached hydrogens (primary N) is 1. The van der Waals surface area contributed by atoms with Crippen LogP contribution in [-0.4, -0.2) is 15.9 Å². The van der Waals surface area contributed by atoms with Crippen LogP contribution in [0.4, 0.5) is 5.82 Å². The molecule has 2 rings (SSSR count). The molecule has 0 bridgehead atoms. The number of nitrogens with one attached hydrogen (secondary N) is 2. The highest BCUT2D eigenvalue weighted by atomic mass is 16.1. The Bertz CT molecular complexity index is 627. The van der Waals surface area contributed by atoms with E-state index in [2.05, 4.69) is 20.7 Å². The second kappa shape index (κ2) is 6.12. The van der Waals surface area contributed by atoms with Crippen molar-refractivity contribution in [2.75, 3.05) is 5.43 Å². The Morgan fingerprint density at radius 3 is 2.85 bits per heavy atom. The lowest BCUT2D eigenvalue weighted by molar-refractivity contribution is 0.0950. The number of hydrazine groups is 1. The monoisotopic (exact) mass is 271 g/mol. The molecule has 1 amide bonds. The number of carbonyl (C=O) groups excluding carboxylic acids is 1. The first-order valence-corrected chi connectivity index (χ1v) is 6.23. The van der Waals surface area contributed by atoms with Gasteiger partial charge in [0.1, 0.15) is 5.82 Å². The van der Waals surface area contributed by atoms with Gasteiger partial charge in [0.2, 0.25) is 0 Å². The molecule has 6 heteroatoms. The average Bonchev–Trinajstić information content (AvgIpc) is 2.45. The van der Waals surface area contributed by atoms with E-state index < -0.39 is 0 Å². The van der Waals surface area contributed by atoms with Gasteiger partial charge in [-0.3, -0.25) is 9.78 Å². The first-order valence-electron chi connectivity index (χ1n) is 6.23. The van der Waals surface area contributed by atoms with Crippen LogP contribution in [0.25, 0.3) is 0 Å². The van der Waals surface area contributed by atoms with E-state index in [-0.39, 0.29) is 5.91 Å². The van der Waals surface area contributed by atoms with Crippen molar-refractivity contribution in [1.82, 2.24) is 15.3 Å². The maximum absolute atomic E-state index is 12.1. The molecule has 0 saturated heterocycles. The maximum Gasteiger partial charge on any atom is 0.251 e. The fourth-order valence-corrected chi connectivity index (χ4v) is 1.85. The second-order valence-electron chi connectivity index (χ2n) is 4.51. The topological polar surface area (TPSA) is 92.9 Å². The third kappa shape index (κ3) is 3.30. The van der Waals surface area contributed by atoms with Gasteiger partial charge in [-0.15, -0.1) is 0 Å². The number of hydrogen-bond acceptors (Lipinski definition) is 5. The summed E-state index contributed by atoms with van der Waals surface area (Å²) in [6, 6.07) is 5.22. The molecular formula is C14H17N5O. The molecule has 20 heavy (non-hydrogen) atoms. The minimum atomic E-state index is -0.164. The summed E-state index contributed by atoms with van der Waals surface area (Å²) < 4.78 is 0. The minimum Gasteiger partial charge on any atom is -0.348 e. The molecule has 0 aromatic carbocycles. The van der Waals surface area contributed by atoms with Crippen molar-refractivity contribution in [2.24, 2.45) is 5.84 Å². The Morgan fingerprint density at radius 1 is 1.35 bits per heavy atom. The molecule has 2 aromatic heterocycles. The van der Waals surface area contributed by atoms with Gasteiger partial charge < -0.3 is 10.7 Å². The van der Waals surface area contributed by atoms with Gasteiger partial charge in [0.15, 0.2) is 0 Å². The van der Waals surface area contributed by atoms with Crippen molar-refractivity contribution >= 4 is 11.7 Å². The number of nitrogens with zero attached hydrogens (tertiary/aromatic N) is 2. The summed E-state index contributed by atoms with van der Waals surface area (Å²) in [6.07, 6.45) is 3.48. The maximum atomic E-state index is 12.1. The van der Waals surface area contributed by atoms with Crippen LogP contribution in [0.2, 0.25) is 0 Å². The van der Waals surface area contributed by atoms with Gasteiger partial charge in [0, 0.05) is 30.2 Å². The van der Waals surface area contributed by atoms with Crippen molar-refractivity contribution in [3.63, 3.8) is 0 Å². The van der Waals surface area contributed by atoms with E-state index in [4.69, 9.17) is 5.84 Å². The fourth-order valence-electron chi connectivity index (χ4n) is 1.85. The van der Waals surface area contributed by atoms with Gasteiger partial charge in [-0.1, -0.05) is 0 Å².